The minimum Gasteiger partial charge on any atom is -0.457 e. The minimum absolute atomic E-state index is 0.299. The molecule has 2 aromatic heterocycles. The van der Waals surface area contributed by atoms with Gasteiger partial charge < -0.3 is 9.40 Å². The van der Waals surface area contributed by atoms with E-state index in [1.165, 1.54) is 12.1 Å². The Morgan fingerprint density at radius 2 is 1.96 bits per heavy atom. The maximum atomic E-state index is 13.0. The van der Waals surface area contributed by atoms with Crippen LogP contribution in [0.5, 0.6) is 0 Å². The number of nitrogens with one attached hydrogen (secondary N) is 1. The van der Waals surface area contributed by atoms with Crippen molar-refractivity contribution in [3.8, 4) is 17.4 Å². The Kier molecular flexibility index (Phi) is 3.86. The Bertz CT molecular complexity index is 1160. The molecule has 0 atom stereocenters. The van der Waals surface area contributed by atoms with Crippen molar-refractivity contribution in [1.82, 2.24) is 9.97 Å². The van der Waals surface area contributed by atoms with E-state index in [9.17, 15) is 9.65 Å². The third-order valence-corrected chi connectivity index (χ3v) is 4.06. The van der Waals surface area contributed by atoms with Gasteiger partial charge in [-0.2, -0.15) is 5.26 Å². The van der Waals surface area contributed by atoms with Crippen molar-refractivity contribution in [2.24, 2.45) is 0 Å². The summed E-state index contributed by atoms with van der Waals surface area (Å²) in [4.78, 5) is 7.63. The van der Waals surface area contributed by atoms with Crippen molar-refractivity contribution in [3.63, 3.8) is 0 Å². The first-order valence-corrected chi connectivity index (χ1v) is 8.07. The lowest BCUT2D eigenvalue weighted by atomic mass is 10.2. The molecule has 0 aliphatic rings. The molecule has 4 nitrogen and oxygen atoms in total. The van der Waals surface area contributed by atoms with Crippen LogP contribution in [0.25, 0.3) is 34.0 Å². The topological polar surface area (TPSA) is 65.6 Å². The number of rotatable bonds is 3. The first kappa shape index (κ1) is 15.9. The number of furan rings is 1. The molecule has 4 aromatic rings. The first-order valence-electron chi connectivity index (χ1n) is 8.07. The molecule has 0 fully saturated rings. The van der Waals surface area contributed by atoms with Gasteiger partial charge in [-0.3, -0.25) is 0 Å². The number of benzene rings is 2. The lowest BCUT2D eigenvalue weighted by Crippen LogP contribution is -1.84. The van der Waals surface area contributed by atoms with Gasteiger partial charge in [0, 0.05) is 11.6 Å². The van der Waals surface area contributed by atoms with Gasteiger partial charge in [-0.15, -0.1) is 0 Å². The largest absolute Gasteiger partial charge is 0.457 e. The minimum atomic E-state index is -0.299. The number of H-pyrrole nitrogens is 1. The highest BCUT2D eigenvalue weighted by Gasteiger charge is 2.10. The van der Waals surface area contributed by atoms with E-state index in [1.54, 1.807) is 30.3 Å². The number of nitriles is 1. The third kappa shape index (κ3) is 3.01. The predicted molar refractivity (Wildman–Crippen MR) is 98.4 cm³/mol. The molecule has 0 amide bonds. The number of halogens is 1. The van der Waals surface area contributed by atoms with Gasteiger partial charge in [-0.05, 0) is 61.0 Å². The number of hydrogen-bond acceptors (Lipinski definition) is 3. The predicted octanol–water partition coefficient (Wildman–Crippen LogP) is 5.33. The first-order chi connectivity index (χ1) is 12.6. The van der Waals surface area contributed by atoms with Crippen molar-refractivity contribution < 1.29 is 8.81 Å². The van der Waals surface area contributed by atoms with E-state index in [-0.39, 0.29) is 5.82 Å². The average molecular weight is 343 g/mol. The van der Waals surface area contributed by atoms with Crippen molar-refractivity contribution in [1.29, 1.82) is 5.26 Å². The van der Waals surface area contributed by atoms with Gasteiger partial charge in [0.15, 0.2) is 0 Å². The van der Waals surface area contributed by atoms with E-state index < -0.39 is 0 Å². The molecule has 0 saturated carbocycles. The Morgan fingerprint density at radius 3 is 2.73 bits per heavy atom. The van der Waals surface area contributed by atoms with Crippen LogP contribution in [-0.2, 0) is 0 Å². The summed E-state index contributed by atoms with van der Waals surface area (Å²) in [6.07, 6.45) is 1.64. The van der Waals surface area contributed by atoms with Gasteiger partial charge in [0.25, 0.3) is 0 Å². The maximum Gasteiger partial charge on any atom is 0.149 e. The molecule has 0 aliphatic carbocycles. The van der Waals surface area contributed by atoms with Gasteiger partial charge in [-0.1, -0.05) is 6.07 Å². The normalized spacial score (nSPS) is 11.7. The van der Waals surface area contributed by atoms with Crippen molar-refractivity contribution in [3.05, 3.63) is 77.6 Å². The number of nitrogens with zero attached hydrogens (tertiary/aromatic N) is 2. The SMILES string of the molecule is Cc1ccc2nc(C(C#N)=Cc3ccc(-c4ccc(F)cc4)o3)[nH]c2c1. The summed E-state index contributed by atoms with van der Waals surface area (Å²) < 4.78 is 18.8. The second kappa shape index (κ2) is 6.34. The fourth-order valence-corrected chi connectivity index (χ4v) is 2.75. The zero-order valence-electron chi connectivity index (χ0n) is 14.0. The van der Waals surface area contributed by atoms with Crippen LogP contribution in [0.4, 0.5) is 4.39 Å². The van der Waals surface area contributed by atoms with E-state index in [1.807, 2.05) is 25.1 Å². The lowest BCUT2D eigenvalue weighted by molar-refractivity contribution is 0.571. The number of aromatic nitrogens is 2. The van der Waals surface area contributed by atoms with Crippen LogP contribution in [0.15, 0.2) is 59.0 Å². The molecule has 5 heteroatoms. The number of fused-ring (bicyclic) bond motifs is 1. The monoisotopic (exact) mass is 343 g/mol. The zero-order valence-corrected chi connectivity index (χ0v) is 14.0. The molecule has 4 rings (SSSR count). The number of hydrogen-bond donors (Lipinski definition) is 1. The summed E-state index contributed by atoms with van der Waals surface area (Å²) >= 11 is 0. The molecular formula is C21H14FN3O. The zero-order chi connectivity index (χ0) is 18.1. The number of allylic oxidation sites excluding steroid dienone is 1. The van der Waals surface area contributed by atoms with E-state index in [0.29, 0.717) is 22.9 Å². The molecule has 26 heavy (non-hydrogen) atoms. The maximum absolute atomic E-state index is 13.0. The number of imidazole rings is 1. The van der Waals surface area contributed by atoms with E-state index in [0.717, 1.165) is 22.2 Å². The average Bonchev–Trinajstić information content (AvgIpc) is 3.26. The summed E-state index contributed by atoms with van der Waals surface area (Å²) in [6, 6.07) is 17.6. The smallest absolute Gasteiger partial charge is 0.149 e. The summed E-state index contributed by atoms with van der Waals surface area (Å²) in [5.41, 5.74) is 3.94. The third-order valence-electron chi connectivity index (χ3n) is 4.06. The molecule has 0 radical (unpaired) electrons. The van der Waals surface area contributed by atoms with Gasteiger partial charge in [-0.25, -0.2) is 9.37 Å². The van der Waals surface area contributed by atoms with Gasteiger partial charge in [0.1, 0.15) is 29.2 Å². The highest BCUT2D eigenvalue weighted by atomic mass is 19.1. The molecule has 0 unspecified atom stereocenters. The summed E-state index contributed by atoms with van der Waals surface area (Å²) in [7, 11) is 0. The van der Waals surface area contributed by atoms with E-state index >= 15 is 0 Å². The molecule has 0 saturated heterocycles. The summed E-state index contributed by atoms with van der Waals surface area (Å²) in [5.74, 6) is 1.33. The van der Waals surface area contributed by atoms with Crippen molar-refractivity contribution >= 4 is 22.7 Å². The van der Waals surface area contributed by atoms with Crippen LogP contribution in [0, 0.1) is 24.1 Å². The highest BCUT2D eigenvalue weighted by Crippen LogP contribution is 2.25. The molecule has 126 valence electrons. The molecule has 2 heterocycles. The van der Waals surface area contributed by atoms with E-state index in [4.69, 9.17) is 4.42 Å². The fraction of sp³-hybridized carbons (Fsp3) is 0.0476. The number of aryl methyl sites for hydroxylation is 1. The summed E-state index contributed by atoms with van der Waals surface area (Å²) in [5, 5.41) is 9.51. The molecule has 0 bridgehead atoms. The van der Waals surface area contributed by atoms with Crippen LogP contribution in [-0.4, -0.2) is 9.97 Å². The van der Waals surface area contributed by atoms with Crippen molar-refractivity contribution in [2.75, 3.05) is 0 Å². The van der Waals surface area contributed by atoms with E-state index in [2.05, 4.69) is 16.0 Å². The Labute approximate surface area is 149 Å². The molecular weight excluding hydrogens is 329 g/mol. The second-order valence-corrected chi connectivity index (χ2v) is 5.98. The fourth-order valence-electron chi connectivity index (χ4n) is 2.75. The van der Waals surface area contributed by atoms with Crippen LogP contribution >= 0.6 is 0 Å². The quantitative estimate of drug-likeness (QED) is 0.511. The van der Waals surface area contributed by atoms with Crippen LogP contribution in [0.1, 0.15) is 17.1 Å². The Balaban J connectivity index is 1.69. The van der Waals surface area contributed by atoms with Gasteiger partial charge in [0.2, 0.25) is 0 Å². The van der Waals surface area contributed by atoms with Crippen LogP contribution in [0.2, 0.25) is 0 Å². The van der Waals surface area contributed by atoms with Crippen molar-refractivity contribution in [2.45, 2.75) is 6.92 Å². The molecule has 1 N–H and O–H groups in total. The highest BCUT2D eigenvalue weighted by molar-refractivity contribution is 5.89. The van der Waals surface area contributed by atoms with Crippen LogP contribution < -0.4 is 0 Å². The Hall–Kier alpha value is -3.65. The molecule has 0 spiro atoms. The van der Waals surface area contributed by atoms with Gasteiger partial charge >= 0.3 is 0 Å². The summed E-state index contributed by atoms with van der Waals surface area (Å²) in [6.45, 7) is 2.00. The molecule has 2 aromatic carbocycles. The number of aromatic amines is 1. The van der Waals surface area contributed by atoms with Crippen LogP contribution in [0.3, 0.4) is 0 Å². The standard InChI is InChI=1S/C21H14FN3O/c1-13-2-8-18-19(10-13)25-21(24-18)15(12-23)11-17-7-9-20(26-17)14-3-5-16(22)6-4-14/h2-11H,1H3,(H,24,25). The molecule has 0 aliphatic heterocycles. The lowest BCUT2D eigenvalue weighted by Gasteiger charge is -1.96. The second-order valence-electron chi connectivity index (χ2n) is 5.98. The van der Waals surface area contributed by atoms with Gasteiger partial charge in [0.05, 0.1) is 16.6 Å². The Morgan fingerprint density at radius 1 is 1.15 bits per heavy atom.